The third-order valence-electron chi connectivity index (χ3n) is 6.28. The number of urea groups is 2. The Balaban J connectivity index is 1.95. The van der Waals surface area contributed by atoms with Gasteiger partial charge < -0.3 is 20.3 Å². The molecule has 202 valence electrons. The maximum absolute atomic E-state index is 13.3. The number of halogens is 1. The summed E-state index contributed by atoms with van der Waals surface area (Å²) in [7, 11) is 0. The largest absolute Gasteiger partial charge is 0.463 e. The molecule has 2 N–H and O–H groups in total. The van der Waals surface area contributed by atoms with Crippen LogP contribution in [0.4, 0.5) is 9.59 Å². The number of benzene rings is 1. The van der Waals surface area contributed by atoms with Crippen LogP contribution in [-0.4, -0.2) is 83.6 Å². The smallest absolute Gasteiger partial charge is 0.338 e. The molecule has 37 heavy (non-hydrogen) atoms. The topological polar surface area (TPSA) is 94.2 Å². The van der Waals surface area contributed by atoms with Crippen LogP contribution in [0.5, 0.6) is 0 Å². The van der Waals surface area contributed by atoms with Crippen molar-refractivity contribution in [1.29, 1.82) is 0 Å². The summed E-state index contributed by atoms with van der Waals surface area (Å²) in [5.41, 5.74) is 1.35. The van der Waals surface area contributed by atoms with E-state index < -0.39 is 12.0 Å². The maximum atomic E-state index is 13.3. The molecule has 0 aromatic heterocycles. The van der Waals surface area contributed by atoms with Gasteiger partial charge in [0.25, 0.3) is 0 Å². The lowest BCUT2D eigenvalue weighted by atomic mass is 9.94. The fourth-order valence-corrected chi connectivity index (χ4v) is 4.76. The first-order valence-electron chi connectivity index (χ1n) is 12.6. The van der Waals surface area contributed by atoms with Gasteiger partial charge in [-0.2, -0.15) is 0 Å². The van der Waals surface area contributed by atoms with Gasteiger partial charge in [0.05, 0.1) is 18.2 Å². The van der Waals surface area contributed by atoms with Crippen LogP contribution >= 0.6 is 11.6 Å². The molecule has 2 aliphatic heterocycles. The first-order valence-corrected chi connectivity index (χ1v) is 13.0. The third-order valence-corrected chi connectivity index (χ3v) is 6.53. The first kappa shape index (κ1) is 28.5. The summed E-state index contributed by atoms with van der Waals surface area (Å²) < 4.78 is 5.45. The molecule has 4 amide bonds. The van der Waals surface area contributed by atoms with Gasteiger partial charge in [-0.25, -0.2) is 14.4 Å². The maximum Gasteiger partial charge on any atom is 0.338 e. The first-order chi connectivity index (χ1) is 17.4. The third kappa shape index (κ3) is 7.05. The van der Waals surface area contributed by atoms with E-state index in [1.165, 1.54) is 4.90 Å². The van der Waals surface area contributed by atoms with Crippen molar-refractivity contribution in [3.63, 3.8) is 0 Å². The molecule has 1 aromatic rings. The summed E-state index contributed by atoms with van der Waals surface area (Å²) in [6.45, 7) is 15.9. The molecule has 2 atom stereocenters. The van der Waals surface area contributed by atoms with E-state index in [0.717, 1.165) is 5.56 Å². The van der Waals surface area contributed by atoms with Crippen molar-refractivity contribution in [1.82, 2.24) is 25.3 Å². The highest BCUT2D eigenvalue weighted by atomic mass is 35.5. The molecule has 9 nitrogen and oxygen atoms in total. The summed E-state index contributed by atoms with van der Waals surface area (Å²) in [6.07, 6.45) is 1.63. The van der Waals surface area contributed by atoms with Gasteiger partial charge >= 0.3 is 18.0 Å². The second kappa shape index (κ2) is 12.0. The minimum absolute atomic E-state index is 0.0555. The van der Waals surface area contributed by atoms with E-state index in [0.29, 0.717) is 42.5 Å². The number of amides is 4. The van der Waals surface area contributed by atoms with Crippen LogP contribution in [0.1, 0.15) is 46.2 Å². The number of nitrogens with one attached hydrogen (secondary N) is 2. The molecule has 10 heteroatoms. The number of carbonyl (C=O) groups is 3. The molecule has 2 heterocycles. The van der Waals surface area contributed by atoms with Crippen molar-refractivity contribution in [2.45, 2.75) is 52.2 Å². The Hall–Kier alpha value is -3.04. The molecular formula is C27H38ClN5O4. The van der Waals surface area contributed by atoms with Crippen molar-refractivity contribution >= 4 is 29.6 Å². The van der Waals surface area contributed by atoms with E-state index in [1.54, 1.807) is 37.3 Å². The summed E-state index contributed by atoms with van der Waals surface area (Å²) in [6, 6.07) is 5.88. The zero-order chi connectivity index (χ0) is 27.3. The lowest BCUT2D eigenvalue weighted by Crippen LogP contribution is -2.59. The van der Waals surface area contributed by atoms with Crippen LogP contribution in [0.25, 0.3) is 0 Å². The van der Waals surface area contributed by atoms with Crippen LogP contribution in [0.3, 0.4) is 0 Å². The van der Waals surface area contributed by atoms with Crippen molar-refractivity contribution in [3.05, 3.63) is 58.8 Å². The van der Waals surface area contributed by atoms with Gasteiger partial charge in [0.15, 0.2) is 0 Å². The molecule has 3 rings (SSSR count). The Bertz CT molecular complexity index is 1050. The Morgan fingerprint density at radius 3 is 2.49 bits per heavy atom. The number of hydrogen-bond donors (Lipinski definition) is 2. The fourth-order valence-electron chi connectivity index (χ4n) is 4.63. The average molecular weight is 532 g/mol. The molecule has 1 saturated heterocycles. The minimum Gasteiger partial charge on any atom is -0.463 e. The van der Waals surface area contributed by atoms with Crippen molar-refractivity contribution in [3.8, 4) is 0 Å². The summed E-state index contributed by atoms with van der Waals surface area (Å²) >= 11 is 6.08. The molecule has 0 saturated carbocycles. The average Bonchev–Trinajstić information content (AvgIpc) is 2.80. The number of hydrogen-bond acceptors (Lipinski definition) is 5. The van der Waals surface area contributed by atoms with Gasteiger partial charge in [-0.05, 0) is 52.3 Å². The van der Waals surface area contributed by atoms with Crippen LogP contribution in [-0.2, 0) is 9.53 Å². The van der Waals surface area contributed by atoms with Gasteiger partial charge in [-0.1, -0.05) is 29.8 Å². The van der Waals surface area contributed by atoms with E-state index in [4.69, 9.17) is 16.3 Å². The molecule has 0 aliphatic carbocycles. The standard InChI is InChI=1S/C27H38ClN5O4/c1-7-13-33-21(17-31-14-15-32(18(3)16-31)26(36)30-27(4,5)6)22(24(34)37-8-2)23(29-25(33)35)19-9-11-20(28)12-10-19/h7,9-12,18,23H,1,8,13-17H2,2-6H3,(H,29,35)(H,30,36)/t18-,23-/m0/s1. The van der Waals surface area contributed by atoms with Gasteiger partial charge in [0, 0.05) is 55.0 Å². The second-order valence-corrected chi connectivity index (χ2v) is 10.8. The molecular weight excluding hydrogens is 494 g/mol. The van der Waals surface area contributed by atoms with E-state index >= 15 is 0 Å². The number of piperazine rings is 1. The van der Waals surface area contributed by atoms with Gasteiger partial charge in [0.2, 0.25) is 0 Å². The monoisotopic (exact) mass is 531 g/mol. The molecule has 1 aromatic carbocycles. The zero-order valence-corrected chi connectivity index (χ0v) is 23.1. The zero-order valence-electron chi connectivity index (χ0n) is 22.3. The van der Waals surface area contributed by atoms with E-state index in [9.17, 15) is 14.4 Å². The number of rotatable bonds is 7. The predicted octanol–water partition coefficient (Wildman–Crippen LogP) is 3.92. The fraction of sp³-hybridized carbons (Fsp3) is 0.519. The summed E-state index contributed by atoms with van der Waals surface area (Å²) in [5, 5.41) is 6.54. The van der Waals surface area contributed by atoms with Gasteiger partial charge in [0.1, 0.15) is 0 Å². The quantitative estimate of drug-likeness (QED) is 0.411. The number of nitrogens with zero attached hydrogens (tertiary/aromatic N) is 3. The molecule has 2 aliphatic rings. The predicted molar refractivity (Wildman–Crippen MR) is 144 cm³/mol. The normalized spacial score (nSPS) is 21.0. The van der Waals surface area contributed by atoms with Crippen LogP contribution in [0.15, 0.2) is 48.2 Å². The summed E-state index contributed by atoms with van der Waals surface area (Å²) in [5.74, 6) is -0.484. The Kier molecular flexibility index (Phi) is 9.26. The van der Waals surface area contributed by atoms with Crippen molar-refractivity contribution in [2.24, 2.45) is 0 Å². The lowest BCUT2D eigenvalue weighted by molar-refractivity contribution is -0.139. The molecule has 0 spiro atoms. The highest BCUT2D eigenvalue weighted by Crippen LogP contribution is 2.33. The highest BCUT2D eigenvalue weighted by molar-refractivity contribution is 6.30. The van der Waals surface area contributed by atoms with E-state index in [2.05, 4.69) is 22.1 Å². The van der Waals surface area contributed by atoms with Crippen molar-refractivity contribution in [2.75, 3.05) is 39.3 Å². The Morgan fingerprint density at radius 1 is 1.24 bits per heavy atom. The SMILES string of the molecule is C=CCN1C(=O)N[C@@H](c2ccc(Cl)cc2)C(C(=O)OCC)=C1CN1CCN(C(=O)NC(C)(C)C)[C@@H](C)C1. The molecule has 0 radical (unpaired) electrons. The van der Waals surface area contributed by atoms with Crippen LogP contribution in [0, 0.1) is 0 Å². The highest BCUT2D eigenvalue weighted by Gasteiger charge is 2.39. The Morgan fingerprint density at radius 2 is 1.92 bits per heavy atom. The lowest BCUT2D eigenvalue weighted by Gasteiger charge is -2.43. The number of ether oxygens (including phenoxy) is 1. The molecule has 1 fully saturated rings. The number of esters is 1. The van der Waals surface area contributed by atoms with Crippen LogP contribution in [0.2, 0.25) is 5.02 Å². The van der Waals surface area contributed by atoms with E-state index in [1.807, 2.05) is 32.6 Å². The Labute approximate surface area is 224 Å². The van der Waals surface area contributed by atoms with E-state index in [-0.39, 0.29) is 36.8 Å². The van der Waals surface area contributed by atoms with Crippen molar-refractivity contribution < 1.29 is 19.1 Å². The minimum atomic E-state index is -0.684. The van der Waals surface area contributed by atoms with Gasteiger partial charge in [-0.15, -0.1) is 6.58 Å². The van der Waals surface area contributed by atoms with Gasteiger partial charge in [-0.3, -0.25) is 9.80 Å². The summed E-state index contributed by atoms with van der Waals surface area (Å²) in [4.78, 5) is 44.8. The van der Waals surface area contributed by atoms with Crippen LogP contribution < -0.4 is 10.6 Å². The second-order valence-electron chi connectivity index (χ2n) is 10.4. The molecule has 0 bridgehead atoms. The molecule has 0 unspecified atom stereocenters. The number of carbonyl (C=O) groups excluding carboxylic acids is 3.